The first-order chi connectivity index (χ1) is 8.71. The second-order valence-electron chi connectivity index (χ2n) is 3.30. The van der Waals surface area contributed by atoms with E-state index >= 15 is 0 Å². The maximum Gasteiger partial charge on any atom is 0.330 e. The van der Waals surface area contributed by atoms with E-state index in [4.69, 9.17) is 9.47 Å². The molecule has 98 valence electrons. The summed E-state index contributed by atoms with van der Waals surface area (Å²) < 4.78 is 15.2. The summed E-state index contributed by atoms with van der Waals surface area (Å²) in [7, 11) is 2.91. The molecule has 0 aromatic heterocycles. The van der Waals surface area contributed by atoms with Gasteiger partial charge in [0.15, 0.2) is 11.5 Å². The van der Waals surface area contributed by atoms with Gasteiger partial charge in [0.05, 0.1) is 20.8 Å². The van der Waals surface area contributed by atoms with E-state index in [1.165, 1.54) is 13.2 Å². The van der Waals surface area contributed by atoms with E-state index in [-0.39, 0.29) is 0 Å². The van der Waals surface area contributed by atoms with Crippen LogP contribution in [-0.2, 0) is 9.53 Å². The van der Waals surface area contributed by atoms with Crippen molar-refractivity contribution in [2.45, 2.75) is 0 Å². The fraction of sp³-hybridized carbons (Fsp3) is 0.308. The highest BCUT2D eigenvalue weighted by atomic mass is 79.9. The molecule has 0 unspecified atom stereocenters. The first-order valence-electron chi connectivity index (χ1n) is 5.34. The van der Waals surface area contributed by atoms with Gasteiger partial charge in [0.1, 0.15) is 0 Å². The first kappa shape index (κ1) is 14.6. The second-order valence-corrected chi connectivity index (χ2v) is 4.10. The minimum atomic E-state index is -0.395. The van der Waals surface area contributed by atoms with Crippen LogP contribution in [0, 0.1) is 0 Å². The normalized spacial score (nSPS) is 10.4. The number of rotatable bonds is 6. The first-order valence-corrected chi connectivity index (χ1v) is 6.46. The molecule has 0 amide bonds. The van der Waals surface area contributed by atoms with Gasteiger partial charge in [0, 0.05) is 11.4 Å². The summed E-state index contributed by atoms with van der Waals surface area (Å²) >= 11 is 3.29. The Balaban J connectivity index is 2.84. The van der Waals surface area contributed by atoms with Crippen molar-refractivity contribution in [3.63, 3.8) is 0 Å². The van der Waals surface area contributed by atoms with E-state index in [9.17, 15) is 4.79 Å². The summed E-state index contributed by atoms with van der Waals surface area (Å²) in [6.07, 6.45) is 3.01. The molecule has 4 nitrogen and oxygen atoms in total. The number of ether oxygens (including phenoxy) is 3. The van der Waals surface area contributed by atoms with Crippen LogP contribution in [0.3, 0.4) is 0 Å². The van der Waals surface area contributed by atoms with E-state index in [0.717, 1.165) is 10.9 Å². The molecule has 0 aliphatic heterocycles. The molecule has 0 aliphatic rings. The molecule has 0 bridgehead atoms. The Hall–Kier alpha value is -1.49. The highest BCUT2D eigenvalue weighted by Crippen LogP contribution is 2.28. The van der Waals surface area contributed by atoms with Crippen molar-refractivity contribution < 1.29 is 19.0 Å². The van der Waals surface area contributed by atoms with Gasteiger partial charge in [-0.2, -0.15) is 0 Å². The van der Waals surface area contributed by atoms with Gasteiger partial charge in [-0.05, 0) is 23.8 Å². The second kappa shape index (κ2) is 7.76. The lowest BCUT2D eigenvalue weighted by atomic mass is 10.2. The molecule has 0 heterocycles. The largest absolute Gasteiger partial charge is 0.493 e. The molecule has 0 fully saturated rings. The Morgan fingerprint density at radius 1 is 1.33 bits per heavy atom. The van der Waals surface area contributed by atoms with E-state index in [1.807, 2.05) is 6.07 Å². The monoisotopic (exact) mass is 314 g/mol. The molecule has 0 atom stereocenters. The van der Waals surface area contributed by atoms with Crippen LogP contribution in [0.2, 0.25) is 0 Å². The van der Waals surface area contributed by atoms with Gasteiger partial charge < -0.3 is 14.2 Å². The molecular weight excluding hydrogens is 300 g/mol. The molecule has 0 saturated heterocycles. The number of hydrogen-bond acceptors (Lipinski definition) is 4. The van der Waals surface area contributed by atoms with Gasteiger partial charge in [0.25, 0.3) is 0 Å². The van der Waals surface area contributed by atoms with Crippen molar-refractivity contribution in [2.24, 2.45) is 0 Å². The zero-order valence-corrected chi connectivity index (χ0v) is 11.9. The number of carbonyl (C=O) groups excluding carboxylic acids is 1. The summed E-state index contributed by atoms with van der Waals surface area (Å²) in [5.74, 6) is 0.906. The van der Waals surface area contributed by atoms with Gasteiger partial charge >= 0.3 is 5.97 Å². The molecule has 18 heavy (non-hydrogen) atoms. The molecule has 0 spiro atoms. The topological polar surface area (TPSA) is 44.8 Å². The average Bonchev–Trinajstić information content (AvgIpc) is 2.42. The lowest BCUT2D eigenvalue weighted by Gasteiger charge is -2.10. The number of benzene rings is 1. The number of esters is 1. The summed E-state index contributed by atoms with van der Waals surface area (Å²) in [4.78, 5) is 11.0. The SMILES string of the molecule is COC(=O)/C=C/c1ccc(OCCBr)c(OC)c1. The summed E-state index contributed by atoms with van der Waals surface area (Å²) in [5, 5.41) is 0.750. The maximum absolute atomic E-state index is 11.0. The Bertz CT molecular complexity index is 429. The molecule has 0 N–H and O–H groups in total. The maximum atomic E-state index is 11.0. The molecule has 1 rings (SSSR count). The molecule has 1 aromatic rings. The van der Waals surface area contributed by atoms with Crippen molar-refractivity contribution in [2.75, 3.05) is 26.2 Å². The van der Waals surface area contributed by atoms with Crippen LogP contribution in [0.4, 0.5) is 0 Å². The van der Waals surface area contributed by atoms with Gasteiger partial charge in [0.2, 0.25) is 0 Å². The minimum Gasteiger partial charge on any atom is -0.493 e. The lowest BCUT2D eigenvalue weighted by molar-refractivity contribution is -0.134. The molecule has 0 saturated carbocycles. The lowest BCUT2D eigenvalue weighted by Crippen LogP contribution is -2.00. The van der Waals surface area contributed by atoms with E-state index < -0.39 is 5.97 Å². The summed E-state index contributed by atoms with van der Waals surface area (Å²) in [5.41, 5.74) is 0.837. The van der Waals surface area contributed by atoms with Crippen LogP contribution in [0.25, 0.3) is 6.08 Å². The van der Waals surface area contributed by atoms with Crippen LogP contribution < -0.4 is 9.47 Å². The molecular formula is C13H15BrO4. The van der Waals surface area contributed by atoms with Crippen LogP contribution in [0.5, 0.6) is 11.5 Å². The van der Waals surface area contributed by atoms with E-state index in [2.05, 4.69) is 20.7 Å². The predicted molar refractivity (Wildman–Crippen MR) is 73.3 cm³/mol. The van der Waals surface area contributed by atoms with Crippen molar-refractivity contribution in [1.82, 2.24) is 0 Å². The number of methoxy groups -OCH3 is 2. The number of carbonyl (C=O) groups is 1. The smallest absolute Gasteiger partial charge is 0.330 e. The highest BCUT2D eigenvalue weighted by Gasteiger charge is 2.04. The molecule has 5 heteroatoms. The Kier molecular flexibility index (Phi) is 6.28. The molecule has 0 radical (unpaired) electrons. The van der Waals surface area contributed by atoms with Crippen LogP contribution >= 0.6 is 15.9 Å². The van der Waals surface area contributed by atoms with Gasteiger partial charge in [-0.3, -0.25) is 0 Å². The third-order valence-corrected chi connectivity index (χ3v) is 2.46. The van der Waals surface area contributed by atoms with Crippen molar-refractivity contribution in [3.8, 4) is 11.5 Å². The highest BCUT2D eigenvalue weighted by molar-refractivity contribution is 9.09. The van der Waals surface area contributed by atoms with Crippen molar-refractivity contribution in [1.29, 1.82) is 0 Å². The summed E-state index contributed by atoms with van der Waals surface area (Å²) in [6, 6.07) is 5.44. The van der Waals surface area contributed by atoms with Gasteiger partial charge in [-0.15, -0.1) is 0 Å². The van der Waals surface area contributed by atoms with Gasteiger partial charge in [-0.25, -0.2) is 4.79 Å². The fourth-order valence-corrected chi connectivity index (χ4v) is 1.45. The Labute approximate surface area is 115 Å². The average molecular weight is 315 g/mol. The van der Waals surface area contributed by atoms with E-state index in [1.54, 1.807) is 25.3 Å². The zero-order valence-electron chi connectivity index (χ0n) is 10.3. The third kappa shape index (κ3) is 4.41. The van der Waals surface area contributed by atoms with Crippen LogP contribution in [-0.4, -0.2) is 32.1 Å². The van der Waals surface area contributed by atoms with Crippen molar-refractivity contribution in [3.05, 3.63) is 29.8 Å². The molecule has 0 aliphatic carbocycles. The number of alkyl halides is 1. The van der Waals surface area contributed by atoms with Crippen molar-refractivity contribution >= 4 is 28.0 Å². The third-order valence-electron chi connectivity index (χ3n) is 2.14. The van der Waals surface area contributed by atoms with Crippen LogP contribution in [0.1, 0.15) is 5.56 Å². The van der Waals surface area contributed by atoms with Gasteiger partial charge in [-0.1, -0.05) is 22.0 Å². The summed E-state index contributed by atoms with van der Waals surface area (Å²) in [6.45, 7) is 0.563. The number of hydrogen-bond donors (Lipinski definition) is 0. The zero-order chi connectivity index (χ0) is 13.4. The minimum absolute atomic E-state index is 0.395. The van der Waals surface area contributed by atoms with Crippen LogP contribution in [0.15, 0.2) is 24.3 Å². The Morgan fingerprint density at radius 3 is 2.72 bits per heavy atom. The quantitative estimate of drug-likeness (QED) is 0.460. The van der Waals surface area contributed by atoms with E-state index in [0.29, 0.717) is 18.1 Å². The molecule has 1 aromatic carbocycles. The number of halogens is 1. The Morgan fingerprint density at radius 2 is 2.11 bits per heavy atom. The predicted octanol–water partition coefficient (Wildman–Crippen LogP) is 2.66. The fourth-order valence-electron chi connectivity index (χ4n) is 1.29. The standard InChI is InChI=1S/C13H15BrO4/c1-16-12-9-10(4-6-13(15)17-2)3-5-11(12)18-8-7-14/h3-6,9H,7-8H2,1-2H3/b6-4+.